The van der Waals surface area contributed by atoms with Crippen LogP contribution >= 0.6 is 0 Å². The lowest BCUT2D eigenvalue weighted by atomic mass is 10.1. The van der Waals surface area contributed by atoms with E-state index >= 15 is 0 Å². The van der Waals surface area contributed by atoms with E-state index in [2.05, 4.69) is 47.4 Å². The zero-order valence-corrected chi connectivity index (χ0v) is 13.4. The van der Waals surface area contributed by atoms with E-state index < -0.39 is 0 Å². The Morgan fingerprint density at radius 3 is 2.44 bits per heavy atom. The molecular weight excluding hydrogens is 306 g/mol. The van der Waals surface area contributed by atoms with Crippen molar-refractivity contribution in [1.29, 1.82) is 0 Å². The first-order valence-corrected chi connectivity index (χ1v) is 8.43. The molecule has 0 atom stereocenters. The zero-order chi connectivity index (χ0) is 16.4. The van der Waals surface area contributed by atoms with Crippen LogP contribution in [0.2, 0.25) is 0 Å². The van der Waals surface area contributed by atoms with Crippen LogP contribution in [0.15, 0.2) is 66.9 Å². The Bertz CT molecular complexity index is 1320. The molecule has 3 nitrogen and oxygen atoms in total. The number of hydrogen-bond donors (Lipinski definition) is 0. The summed E-state index contributed by atoms with van der Waals surface area (Å²) in [7, 11) is 0. The molecule has 3 heterocycles. The smallest absolute Gasteiger partial charge is 0.0973 e. The fraction of sp³-hybridized carbons (Fsp3) is 0.0455. The number of fused-ring (bicyclic) bond motifs is 7. The summed E-state index contributed by atoms with van der Waals surface area (Å²) in [5, 5.41) is 3.42. The molecule has 0 N–H and O–H groups in total. The van der Waals surface area contributed by atoms with Crippen LogP contribution in [0.3, 0.4) is 0 Å². The number of para-hydroxylation sites is 1. The number of pyridine rings is 3. The number of benzene rings is 2. The molecule has 0 amide bonds. The lowest BCUT2D eigenvalue weighted by molar-refractivity contribution is 1.23. The van der Waals surface area contributed by atoms with Gasteiger partial charge in [-0.15, -0.1) is 0 Å². The summed E-state index contributed by atoms with van der Waals surface area (Å²) in [5.74, 6) is 0. The van der Waals surface area contributed by atoms with E-state index in [1.165, 1.54) is 11.1 Å². The van der Waals surface area contributed by atoms with Crippen molar-refractivity contribution in [2.45, 2.75) is 6.42 Å². The molecule has 0 fully saturated rings. The van der Waals surface area contributed by atoms with Crippen molar-refractivity contribution in [3.8, 4) is 11.4 Å². The van der Waals surface area contributed by atoms with Gasteiger partial charge in [0, 0.05) is 28.8 Å². The second kappa shape index (κ2) is 4.61. The second-order valence-corrected chi connectivity index (χ2v) is 6.57. The van der Waals surface area contributed by atoms with Crippen molar-refractivity contribution in [1.82, 2.24) is 15.0 Å². The molecule has 0 bridgehead atoms. The molecule has 2 aromatic carbocycles. The zero-order valence-electron chi connectivity index (χ0n) is 13.4. The van der Waals surface area contributed by atoms with Crippen LogP contribution in [0.4, 0.5) is 0 Å². The quantitative estimate of drug-likeness (QED) is 0.295. The molecule has 0 saturated heterocycles. The van der Waals surface area contributed by atoms with E-state index in [1.807, 2.05) is 24.4 Å². The lowest BCUT2D eigenvalue weighted by Gasteiger charge is -2.07. The van der Waals surface area contributed by atoms with Gasteiger partial charge in [-0.3, -0.25) is 4.98 Å². The molecule has 1 aliphatic rings. The Kier molecular flexibility index (Phi) is 2.40. The molecule has 0 spiro atoms. The predicted molar refractivity (Wildman–Crippen MR) is 101 cm³/mol. The number of hydrogen-bond acceptors (Lipinski definition) is 3. The van der Waals surface area contributed by atoms with Gasteiger partial charge in [0.2, 0.25) is 0 Å². The highest BCUT2D eigenvalue weighted by Crippen LogP contribution is 2.36. The highest BCUT2D eigenvalue weighted by Gasteiger charge is 2.22. The van der Waals surface area contributed by atoms with E-state index in [0.29, 0.717) is 0 Å². The van der Waals surface area contributed by atoms with Crippen LogP contribution in [-0.2, 0) is 6.42 Å². The molecule has 25 heavy (non-hydrogen) atoms. The van der Waals surface area contributed by atoms with Crippen LogP contribution in [0.1, 0.15) is 11.1 Å². The Labute approximate surface area is 144 Å². The van der Waals surface area contributed by atoms with Gasteiger partial charge in [-0.1, -0.05) is 36.4 Å². The minimum absolute atomic E-state index is 0.907. The van der Waals surface area contributed by atoms with Gasteiger partial charge in [0.25, 0.3) is 0 Å². The first kappa shape index (κ1) is 13.0. The second-order valence-electron chi connectivity index (χ2n) is 6.57. The topological polar surface area (TPSA) is 38.7 Å². The molecule has 1 aliphatic carbocycles. The maximum absolute atomic E-state index is 5.01. The normalized spacial score (nSPS) is 12.6. The molecule has 5 aromatic rings. The maximum Gasteiger partial charge on any atom is 0.0973 e. The van der Waals surface area contributed by atoms with Gasteiger partial charge >= 0.3 is 0 Å². The third kappa shape index (κ3) is 1.78. The first-order valence-electron chi connectivity index (χ1n) is 8.43. The number of aromatic nitrogens is 3. The Morgan fingerprint density at radius 2 is 1.48 bits per heavy atom. The molecule has 0 saturated carbocycles. The maximum atomic E-state index is 5.01. The van der Waals surface area contributed by atoms with Crippen molar-refractivity contribution in [3.05, 3.63) is 78.0 Å². The molecule has 3 aromatic heterocycles. The fourth-order valence-electron chi connectivity index (χ4n) is 3.86. The molecule has 0 unspecified atom stereocenters. The summed E-state index contributed by atoms with van der Waals surface area (Å²) in [6.07, 6.45) is 2.75. The van der Waals surface area contributed by atoms with Gasteiger partial charge in [0.1, 0.15) is 0 Å². The van der Waals surface area contributed by atoms with Crippen LogP contribution in [0.5, 0.6) is 0 Å². The SMILES string of the molecule is c1cnc2c(c1)Cc1cc3ccc4cc5ccccc5nc4c3nc1-2. The van der Waals surface area contributed by atoms with Crippen LogP contribution in [-0.4, -0.2) is 15.0 Å². The largest absolute Gasteiger partial charge is 0.254 e. The number of rotatable bonds is 0. The monoisotopic (exact) mass is 319 g/mol. The highest BCUT2D eigenvalue weighted by molar-refractivity contribution is 6.07. The summed E-state index contributed by atoms with van der Waals surface area (Å²) in [6, 6.07) is 21.1. The lowest BCUT2D eigenvalue weighted by Crippen LogP contribution is -1.91. The van der Waals surface area contributed by atoms with E-state index in [1.54, 1.807) is 0 Å². The molecule has 3 heteroatoms. The predicted octanol–water partition coefficient (Wildman–Crippen LogP) is 4.90. The van der Waals surface area contributed by atoms with Crippen LogP contribution < -0.4 is 0 Å². The van der Waals surface area contributed by atoms with Gasteiger partial charge < -0.3 is 0 Å². The van der Waals surface area contributed by atoms with Crippen LogP contribution in [0.25, 0.3) is 44.1 Å². The summed E-state index contributed by atoms with van der Waals surface area (Å²) < 4.78 is 0. The summed E-state index contributed by atoms with van der Waals surface area (Å²) in [4.78, 5) is 14.5. The fourth-order valence-corrected chi connectivity index (χ4v) is 3.86. The molecule has 6 rings (SSSR count). The van der Waals surface area contributed by atoms with Gasteiger partial charge in [-0.25, -0.2) is 9.97 Å². The van der Waals surface area contributed by atoms with Crippen molar-refractivity contribution in [2.75, 3.05) is 0 Å². The average Bonchev–Trinajstić information content (AvgIpc) is 3.02. The van der Waals surface area contributed by atoms with Crippen LogP contribution in [0, 0.1) is 0 Å². The third-order valence-electron chi connectivity index (χ3n) is 5.05. The molecule has 116 valence electrons. The molecule has 0 aliphatic heterocycles. The summed E-state index contributed by atoms with van der Waals surface area (Å²) in [5.41, 5.74) is 7.44. The minimum Gasteiger partial charge on any atom is -0.254 e. The summed E-state index contributed by atoms with van der Waals surface area (Å²) in [6.45, 7) is 0. The Morgan fingerprint density at radius 1 is 0.640 bits per heavy atom. The van der Waals surface area contributed by atoms with E-state index in [4.69, 9.17) is 9.97 Å². The minimum atomic E-state index is 0.907. The number of nitrogens with zero attached hydrogens (tertiary/aromatic N) is 3. The van der Waals surface area contributed by atoms with Gasteiger partial charge in [-0.05, 0) is 35.4 Å². The van der Waals surface area contributed by atoms with Crippen molar-refractivity contribution < 1.29 is 0 Å². The standard InChI is InChI=1S/C22H13N3/c1-2-6-18-13(4-1)10-15-7-8-16-12-17-11-14-5-3-9-23-19(14)22(17)25-21(16)20(15)24-18/h1-10,12H,11H2. The summed E-state index contributed by atoms with van der Waals surface area (Å²) >= 11 is 0. The van der Waals surface area contributed by atoms with Crippen molar-refractivity contribution in [2.24, 2.45) is 0 Å². The van der Waals surface area contributed by atoms with Crippen molar-refractivity contribution in [3.63, 3.8) is 0 Å². The van der Waals surface area contributed by atoms with Crippen molar-refractivity contribution >= 4 is 32.7 Å². The highest BCUT2D eigenvalue weighted by atomic mass is 14.8. The average molecular weight is 319 g/mol. The Hall–Kier alpha value is -3.33. The van der Waals surface area contributed by atoms with Gasteiger partial charge in [0.05, 0.1) is 27.9 Å². The van der Waals surface area contributed by atoms with E-state index in [9.17, 15) is 0 Å². The molecular formula is C22H13N3. The van der Waals surface area contributed by atoms with E-state index in [0.717, 1.165) is 50.5 Å². The van der Waals surface area contributed by atoms with Gasteiger partial charge in [0.15, 0.2) is 0 Å². The molecule has 0 radical (unpaired) electrons. The Balaban J connectivity index is 1.74. The third-order valence-corrected chi connectivity index (χ3v) is 5.05. The first-order chi connectivity index (χ1) is 12.4. The van der Waals surface area contributed by atoms with Gasteiger partial charge in [-0.2, -0.15) is 0 Å². The van der Waals surface area contributed by atoms with E-state index in [-0.39, 0.29) is 0 Å².